The van der Waals surface area contributed by atoms with E-state index in [-0.39, 0.29) is 5.97 Å². The number of esters is 1. The molecule has 138 valence electrons. The van der Waals surface area contributed by atoms with Crippen LogP contribution in [-0.2, 0) is 9.53 Å². The van der Waals surface area contributed by atoms with Gasteiger partial charge in [-0.25, -0.2) is 4.79 Å². The molecule has 0 saturated heterocycles. The second-order valence-corrected chi connectivity index (χ2v) is 6.04. The molecule has 8 nitrogen and oxygen atoms in total. The minimum atomic E-state index is -0.515. The molecule has 3 rings (SSSR count). The molecule has 1 aromatic carbocycles. The van der Waals surface area contributed by atoms with Crippen LogP contribution in [0.15, 0.2) is 35.5 Å². The van der Waals surface area contributed by atoms with Crippen molar-refractivity contribution in [2.24, 2.45) is 0 Å². The second-order valence-electron chi connectivity index (χ2n) is 6.04. The summed E-state index contributed by atoms with van der Waals surface area (Å²) < 4.78 is 12.9. The first-order valence-corrected chi connectivity index (χ1v) is 8.81. The first kappa shape index (κ1) is 17.9. The smallest absolute Gasteiger partial charge is 0.338 e. The van der Waals surface area contributed by atoms with E-state index >= 15 is 0 Å². The van der Waals surface area contributed by atoms with E-state index in [1.807, 2.05) is 45.0 Å². The maximum absolute atomic E-state index is 12.8. The van der Waals surface area contributed by atoms with Gasteiger partial charge in [-0.1, -0.05) is 37.1 Å². The first-order chi connectivity index (χ1) is 12.7. The zero-order valence-corrected chi connectivity index (χ0v) is 15.2. The lowest BCUT2D eigenvalue weighted by Gasteiger charge is -2.28. The van der Waals surface area contributed by atoms with Gasteiger partial charge in [0.1, 0.15) is 11.8 Å². The predicted molar refractivity (Wildman–Crippen MR) is 95.8 cm³/mol. The summed E-state index contributed by atoms with van der Waals surface area (Å²) in [5.74, 6) is 0.800. The van der Waals surface area contributed by atoms with Crippen LogP contribution in [0.2, 0.25) is 0 Å². The number of carbonyl (C=O) groups excluding carboxylic acids is 1. The Bertz CT molecular complexity index is 815. The van der Waals surface area contributed by atoms with E-state index < -0.39 is 6.04 Å². The summed E-state index contributed by atoms with van der Waals surface area (Å²) >= 11 is 0. The van der Waals surface area contributed by atoms with Gasteiger partial charge in [0.2, 0.25) is 5.95 Å². The lowest BCUT2D eigenvalue weighted by atomic mass is 9.95. The van der Waals surface area contributed by atoms with Crippen molar-refractivity contribution < 1.29 is 14.3 Å². The molecule has 0 bridgehead atoms. The molecule has 0 aliphatic carbocycles. The molecule has 0 radical (unpaired) electrons. The van der Waals surface area contributed by atoms with E-state index in [9.17, 15) is 4.79 Å². The molecule has 1 aromatic heterocycles. The number of benzene rings is 1. The summed E-state index contributed by atoms with van der Waals surface area (Å²) in [6, 6.07) is 7.11. The van der Waals surface area contributed by atoms with E-state index in [4.69, 9.17) is 9.47 Å². The molecular formula is C18H23N5O3. The Morgan fingerprint density at radius 3 is 2.77 bits per heavy atom. The van der Waals surface area contributed by atoms with Gasteiger partial charge >= 0.3 is 5.97 Å². The van der Waals surface area contributed by atoms with Crippen molar-refractivity contribution >= 4 is 11.9 Å². The van der Waals surface area contributed by atoms with Crippen LogP contribution in [0.1, 0.15) is 45.2 Å². The Balaban J connectivity index is 2.08. The molecule has 8 heteroatoms. The molecular weight excluding hydrogens is 334 g/mol. The summed E-state index contributed by atoms with van der Waals surface area (Å²) in [6.07, 6.45) is 1.64. The number of rotatable bonds is 7. The minimum Gasteiger partial charge on any atom is -0.493 e. The molecule has 2 aromatic rings. The zero-order valence-electron chi connectivity index (χ0n) is 15.2. The summed E-state index contributed by atoms with van der Waals surface area (Å²) in [4.78, 5) is 12.8. The predicted octanol–water partition coefficient (Wildman–Crippen LogP) is 2.70. The molecule has 1 unspecified atom stereocenters. The number of para-hydroxylation sites is 1. The van der Waals surface area contributed by atoms with Crippen LogP contribution < -0.4 is 10.1 Å². The van der Waals surface area contributed by atoms with E-state index in [0.717, 1.165) is 18.4 Å². The normalized spacial score (nSPS) is 16.0. The Hall–Kier alpha value is -2.90. The highest BCUT2D eigenvalue weighted by Gasteiger charge is 2.36. The number of carbonyl (C=O) groups is 1. The molecule has 0 spiro atoms. The first-order valence-electron chi connectivity index (χ1n) is 8.81. The third-order valence-electron chi connectivity index (χ3n) is 4.05. The van der Waals surface area contributed by atoms with Crippen LogP contribution in [0.5, 0.6) is 5.75 Å². The molecule has 2 heterocycles. The highest BCUT2D eigenvalue weighted by molar-refractivity contribution is 5.92. The third kappa shape index (κ3) is 3.40. The number of fused-ring (bicyclic) bond motifs is 1. The fraction of sp³-hybridized carbons (Fsp3) is 0.444. The molecule has 0 amide bonds. The van der Waals surface area contributed by atoms with Crippen molar-refractivity contribution in [3.05, 3.63) is 41.1 Å². The topological polar surface area (TPSA) is 91.2 Å². The number of allylic oxidation sites excluding steroid dienone is 1. The van der Waals surface area contributed by atoms with Gasteiger partial charge in [-0.15, -0.1) is 0 Å². The van der Waals surface area contributed by atoms with Crippen molar-refractivity contribution in [3.63, 3.8) is 0 Å². The van der Waals surface area contributed by atoms with Crippen molar-refractivity contribution in [2.45, 2.75) is 39.7 Å². The highest BCUT2D eigenvalue weighted by atomic mass is 16.5. The fourth-order valence-corrected chi connectivity index (χ4v) is 2.89. The number of tetrazole rings is 1. The number of nitrogens with zero attached hydrogens (tertiary/aromatic N) is 4. The highest BCUT2D eigenvalue weighted by Crippen LogP contribution is 2.38. The van der Waals surface area contributed by atoms with E-state index in [1.54, 1.807) is 4.68 Å². The van der Waals surface area contributed by atoms with Crippen molar-refractivity contribution in [3.8, 4) is 5.75 Å². The number of ether oxygens (including phenoxy) is 2. The SMILES string of the molecule is CCCOC(=O)C1=C(C)Nc2nnnn2C1c1ccccc1OCCC. The van der Waals surface area contributed by atoms with E-state index in [0.29, 0.717) is 36.2 Å². The van der Waals surface area contributed by atoms with Crippen molar-refractivity contribution in [2.75, 3.05) is 18.5 Å². The van der Waals surface area contributed by atoms with Gasteiger partial charge in [-0.05, 0) is 36.3 Å². The summed E-state index contributed by atoms with van der Waals surface area (Å²) in [6.45, 7) is 6.77. The minimum absolute atomic E-state index is 0.360. The average molecular weight is 357 g/mol. The van der Waals surface area contributed by atoms with Crippen LogP contribution in [0, 0.1) is 0 Å². The van der Waals surface area contributed by atoms with Gasteiger partial charge in [0.15, 0.2) is 0 Å². The van der Waals surface area contributed by atoms with Gasteiger partial charge < -0.3 is 14.8 Å². The Morgan fingerprint density at radius 2 is 2.00 bits per heavy atom. The second kappa shape index (κ2) is 7.99. The number of nitrogens with one attached hydrogen (secondary N) is 1. The number of anilines is 1. The van der Waals surface area contributed by atoms with Crippen LogP contribution in [0.3, 0.4) is 0 Å². The van der Waals surface area contributed by atoms with Gasteiger partial charge in [-0.3, -0.25) is 0 Å². The lowest BCUT2D eigenvalue weighted by Crippen LogP contribution is -2.30. The zero-order chi connectivity index (χ0) is 18.5. The maximum Gasteiger partial charge on any atom is 0.338 e. The molecule has 1 aliphatic heterocycles. The number of aromatic nitrogens is 4. The Morgan fingerprint density at radius 1 is 1.23 bits per heavy atom. The summed E-state index contributed by atoms with van der Waals surface area (Å²) in [5.41, 5.74) is 1.97. The standard InChI is InChI=1S/C18H23N5O3/c1-4-10-25-14-9-7-6-8-13(14)16-15(17(24)26-11-5-2)12(3)19-18-20-21-22-23(16)18/h6-9,16H,4-5,10-11H2,1-3H3,(H,19,20,22). The quantitative estimate of drug-likeness (QED) is 0.762. The third-order valence-corrected chi connectivity index (χ3v) is 4.05. The van der Waals surface area contributed by atoms with Gasteiger partial charge in [-0.2, -0.15) is 4.68 Å². The molecule has 0 fully saturated rings. The van der Waals surface area contributed by atoms with Crippen molar-refractivity contribution in [1.29, 1.82) is 0 Å². The number of hydrogen-bond acceptors (Lipinski definition) is 7. The van der Waals surface area contributed by atoms with Gasteiger partial charge in [0.25, 0.3) is 0 Å². The fourth-order valence-electron chi connectivity index (χ4n) is 2.89. The molecule has 1 N–H and O–H groups in total. The Labute approximate surface area is 152 Å². The molecule has 26 heavy (non-hydrogen) atoms. The van der Waals surface area contributed by atoms with E-state index in [2.05, 4.69) is 20.8 Å². The van der Waals surface area contributed by atoms with Crippen LogP contribution in [0.25, 0.3) is 0 Å². The van der Waals surface area contributed by atoms with Crippen LogP contribution in [0.4, 0.5) is 5.95 Å². The molecule has 1 aliphatic rings. The monoisotopic (exact) mass is 357 g/mol. The van der Waals surface area contributed by atoms with Gasteiger partial charge in [0, 0.05) is 11.3 Å². The summed E-state index contributed by atoms with van der Waals surface area (Å²) in [7, 11) is 0. The van der Waals surface area contributed by atoms with Crippen molar-refractivity contribution in [1.82, 2.24) is 20.2 Å². The van der Waals surface area contributed by atoms with Gasteiger partial charge in [0.05, 0.1) is 18.8 Å². The number of hydrogen-bond donors (Lipinski definition) is 1. The van der Waals surface area contributed by atoms with E-state index in [1.165, 1.54) is 0 Å². The lowest BCUT2D eigenvalue weighted by molar-refractivity contribution is -0.139. The maximum atomic E-state index is 12.8. The average Bonchev–Trinajstić information content (AvgIpc) is 3.11. The molecule has 0 saturated carbocycles. The van der Waals surface area contributed by atoms with Crippen LogP contribution in [-0.4, -0.2) is 39.4 Å². The summed E-state index contributed by atoms with van der Waals surface area (Å²) in [5, 5.41) is 14.9. The largest absolute Gasteiger partial charge is 0.493 e. The van der Waals surface area contributed by atoms with Crippen LogP contribution >= 0.6 is 0 Å². The molecule has 1 atom stereocenters. The Kier molecular flexibility index (Phi) is 5.50.